The summed E-state index contributed by atoms with van der Waals surface area (Å²) in [4.78, 5) is 4.57. The zero-order valence-electron chi connectivity index (χ0n) is 11.1. The maximum atomic E-state index is 6.02. The van der Waals surface area contributed by atoms with Crippen molar-refractivity contribution >= 4 is 17.3 Å². The molecule has 0 radical (unpaired) electrons. The number of anilines is 1. The standard InChI is InChI=1S/C15H16ClN3O/c16-11-5-10(6-12(17)7-11)15-18-14(19-20-15)13-4-8-1-2-9(13)3-8/h5-9,13H,1-4,17H2. The highest BCUT2D eigenvalue weighted by molar-refractivity contribution is 6.31. The molecule has 20 heavy (non-hydrogen) atoms. The van der Waals surface area contributed by atoms with E-state index in [0.717, 1.165) is 23.2 Å². The fraction of sp³-hybridized carbons (Fsp3) is 0.467. The molecule has 0 spiro atoms. The van der Waals surface area contributed by atoms with E-state index < -0.39 is 0 Å². The van der Waals surface area contributed by atoms with Crippen LogP contribution in [-0.4, -0.2) is 10.1 Å². The Hall–Kier alpha value is -1.55. The van der Waals surface area contributed by atoms with Gasteiger partial charge >= 0.3 is 0 Å². The Morgan fingerprint density at radius 3 is 2.80 bits per heavy atom. The molecule has 104 valence electrons. The third kappa shape index (κ3) is 1.99. The fourth-order valence-corrected chi connectivity index (χ4v) is 4.04. The van der Waals surface area contributed by atoms with Crippen LogP contribution in [0.3, 0.4) is 0 Å². The molecule has 2 aliphatic rings. The Morgan fingerprint density at radius 1 is 1.20 bits per heavy atom. The number of nitrogens with zero attached hydrogens (tertiary/aromatic N) is 2. The molecule has 2 aromatic rings. The van der Waals surface area contributed by atoms with Crippen LogP contribution in [0.5, 0.6) is 0 Å². The van der Waals surface area contributed by atoms with Crippen LogP contribution in [0.25, 0.3) is 11.5 Å². The van der Waals surface area contributed by atoms with Gasteiger partial charge in [0.25, 0.3) is 5.89 Å². The van der Waals surface area contributed by atoms with Gasteiger partial charge in [-0.25, -0.2) is 0 Å². The number of nitrogen functional groups attached to an aromatic ring is 1. The van der Waals surface area contributed by atoms with E-state index in [1.54, 1.807) is 12.1 Å². The summed E-state index contributed by atoms with van der Waals surface area (Å²) in [6.45, 7) is 0. The second kappa shape index (κ2) is 4.48. The SMILES string of the molecule is Nc1cc(Cl)cc(-c2nc(C3CC4CCC3C4)no2)c1. The fourth-order valence-electron chi connectivity index (χ4n) is 3.80. The molecule has 1 aromatic carbocycles. The smallest absolute Gasteiger partial charge is 0.258 e. The quantitative estimate of drug-likeness (QED) is 0.852. The number of halogens is 1. The van der Waals surface area contributed by atoms with Crippen LogP contribution in [0.4, 0.5) is 5.69 Å². The largest absolute Gasteiger partial charge is 0.399 e. The number of nitrogens with two attached hydrogens (primary N) is 1. The van der Waals surface area contributed by atoms with Crippen molar-refractivity contribution in [3.63, 3.8) is 0 Å². The summed E-state index contributed by atoms with van der Waals surface area (Å²) in [6, 6.07) is 5.32. The highest BCUT2D eigenvalue weighted by atomic mass is 35.5. The highest BCUT2D eigenvalue weighted by Gasteiger charge is 2.42. The molecule has 3 unspecified atom stereocenters. The molecule has 4 rings (SSSR count). The summed E-state index contributed by atoms with van der Waals surface area (Å²) >= 11 is 6.02. The third-order valence-electron chi connectivity index (χ3n) is 4.68. The van der Waals surface area contributed by atoms with Crippen LogP contribution < -0.4 is 5.73 Å². The van der Waals surface area contributed by atoms with Crippen LogP contribution in [0.2, 0.25) is 5.02 Å². The van der Waals surface area contributed by atoms with Crippen molar-refractivity contribution in [2.24, 2.45) is 11.8 Å². The summed E-state index contributed by atoms with van der Waals surface area (Å²) in [7, 11) is 0. The minimum Gasteiger partial charge on any atom is -0.399 e. The van der Waals surface area contributed by atoms with Gasteiger partial charge < -0.3 is 10.3 Å². The van der Waals surface area contributed by atoms with Crippen molar-refractivity contribution in [1.82, 2.24) is 10.1 Å². The van der Waals surface area contributed by atoms with Gasteiger partial charge in [0.1, 0.15) is 0 Å². The van der Waals surface area contributed by atoms with Crippen molar-refractivity contribution < 1.29 is 4.52 Å². The van der Waals surface area contributed by atoms with Gasteiger partial charge in [-0.05, 0) is 49.3 Å². The average molecular weight is 290 g/mol. The van der Waals surface area contributed by atoms with Crippen LogP contribution in [0.1, 0.15) is 37.4 Å². The maximum Gasteiger partial charge on any atom is 0.258 e. The van der Waals surface area contributed by atoms with Gasteiger partial charge in [-0.15, -0.1) is 0 Å². The third-order valence-corrected chi connectivity index (χ3v) is 4.90. The number of aromatic nitrogens is 2. The molecule has 4 nitrogen and oxygen atoms in total. The molecule has 0 aliphatic heterocycles. The molecule has 2 bridgehead atoms. The van der Waals surface area contributed by atoms with Crippen molar-refractivity contribution in [2.75, 3.05) is 5.73 Å². The lowest BCUT2D eigenvalue weighted by Gasteiger charge is -2.17. The predicted molar refractivity (Wildman–Crippen MR) is 77.3 cm³/mol. The summed E-state index contributed by atoms with van der Waals surface area (Å²) in [5.41, 5.74) is 7.19. The number of rotatable bonds is 2. The highest BCUT2D eigenvalue weighted by Crippen LogP contribution is 2.52. The Morgan fingerprint density at radius 2 is 2.10 bits per heavy atom. The molecule has 2 saturated carbocycles. The van der Waals surface area contributed by atoms with Gasteiger partial charge in [0, 0.05) is 22.2 Å². The van der Waals surface area contributed by atoms with Gasteiger partial charge in [0.05, 0.1) is 0 Å². The first-order valence-corrected chi connectivity index (χ1v) is 7.47. The Kier molecular flexibility index (Phi) is 2.74. The molecule has 0 amide bonds. The lowest BCUT2D eigenvalue weighted by Crippen LogP contribution is -2.09. The number of benzene rings is 1. The number of fused-ring (bicyclic) bond motifs is 2. The lowest BCUT2D eigenvalue weighted by atomic mass is 9.88. The Bertz CT molecular complexity index is 634. The van der Waals surface area contributed by atoms with Crippen LogP contribution >= 0.6 is 11.6 Å². The van der Waals surface area contributed by atoms with E-state index in [9.17, 15) is 0 Å². The summed E-state index contributed by atoms with van der Waals surface area (Å²) in [5.74, 6) is 3.45. The Balaban J connectivity index is 1.65. The van der Waals surface area contributed by atoms with Gasteiger partial charge in [-0.2, -0.15) is 4.98 Å². The van der Waals surface area contributed by atoms with Gasteiger partial charge in [-0.1, -0.05) is 23.2 Å². The molecule has 1 aromatic heterocycles. The molecular weight excluding hydrogens is 274 g/mol. The summed E-state index contributed by atoms with van der Waals surface area (Å²) < 4.78 is 5.41. The maximum absolute atomic E-state index is 6.02. The van der Waals surface area contributed by atoms with E-state index in [4.69, 9.17) is 21.9 Å². The lowest BCUT2D eigenvalue weighted by molar-refractivity contribution is 0.372. The molecule has 1 heterocycles. The van der Waals surface area contributed by atoms with Crippen LogP contribution in [0.15, 0.2) is 22.7 Å². The minimum absolute atomic E-state index is 0.475. The van der Waals surface area contributed by atoms with Crippen LogP contribution in [0, 0.1) is 11.8 Å². The van der Waals surface area contributed by atoms with Gasteiger partial charge in [0.2, 0.25) is 0 Å². The molecular formula is C15H16ClN3O. The van der Waals surface area contributed by atoms with E-state index in [-0.39, 0.29) is 0 Å². The minimum atomic E-state index is 0.475. The van der Waals surface area contributed by atoms with Crippen molar-refractivity contribution in [3.05, 3.63) is 29.0 Å². The van der Waals surface area contributed by atoms with Crippen molar-refractivity contribution in [2.45, 2.75) is 31.6 Å². The van der Waals surface area contributed by atoms with E-state index in [0.29, 0.717) is 22.5 Å². The van der Waals surface area contributed by atoms with Crippen molar-refractivity contribution in [1.29, 1.82) is 0 Å². The molecule has 3 atom stereocenters. The van der Waals surface area contributed by atoms with Crippen molar-refractivity contribution in [3.8, 4) is 11.5 Å². The van der Waals surface area contributed by atoms with E-state index in [1.165, 1.54) is 25.7 Å². The molecule has 2 fully saturated rings. The zero-order valence-corrected chi connectivity index (χ0v) is 11.8. The first-order valence-electron chi connectivity index (χ1n) is 7.09. The molecule has 2 N–H and O–H groups in total. The molecule has 2 aliphatic carbocycles. The van der Waals surface area contributed by atoms with E-state index >= 15 is 0 Å². The average Bonchev–Trinajstić information content (AvgIpc) is 3.13. The van der Waals surface area contributed by atoms with Crippen LogP contribution in [-0.2, 0) is 0 Å². The Labute approximate surface area is 122 Å². The van der Waals surface area contributed by atoms with E-state index in [2.05, 4.69) is 10.1 Å². The molecule has 5 heteroatoms. The predicted octanol–water partition coefficient (Wildman–Crippen LogP) is 3.88. The first kappa shape index (κ1) is 12.2. The topological polar surface area (TPSA) is 64.9 Å². The monoisotopic (exact) mass is 289 g/mol. The number of hydrogen-bond donors (Lipinski definition) is 1. The van der Waals surface area contributed by atoms with E-state index in [1.807, 2.05) is 6.07 Å². The second-order valence-electron chi connectivity index (χ2n) is 6.01. The second-order valence-corrected chi connectivity index (χ2v) is 6.45. The summed E-state index contributed by atoms with van der Waals surface area (Å²) in [6.07, 6.45) is 5.22. The van der Waals surface area contributed by atoms with Gasteiger partial charge in [0.15, 0.2) is 5.82 Å². The number of hydrogen-bond acceptors (Lipinski definition) is 4. The van der Waals surface area contributed by atoms with Gasteiger partial charge in [-0.3, -0.25) is 0 Å². The first-order chi connectivity index (χ1) is 9.69. The zero-order chi connectivity index (χ0) is 13.7. The molecule has 0 saturated heterocycles. The normalized spacial score (nSPS) is 28.1. The summed E-state index contributed by atoms with van der Waals surface area (Å²) in [5, 5.41) is 4.77.